The summed E-state index contributed by atoms with van der Waals surface area (Å²) in [4.78, 5) is 8.13. The highest BCUT2D eigenvalue weighted by Gasteiger charge is 2.25. The number of nitrogens with two attached hydrogens (primary N) is 1. The number of nitriles is 2. The molecule has 3 heterocycles. The topological polar surface area (TPSA) is 89.7 Å². The lowest BCUT2D eigenvalue weighted by Crippen LogP contribution is -2.31. The Hall–Kier alpha value is -3.09. The lowest BCUT2D eigenvalue weighted by atomic mass is 9.96. The van der Waals surface area contributed by atoms with E-state index in [1.165, 1.54) is 17.8 Å². The van der Waals surface area contributed by atoms with Gasteiger partial charge in [-0.25, -0.2) is 4.98 Å². The van der Waals surface area contributed by atoms with Crippen LogP contribution in [0.4, 0.5) is 11.5 Å². The molecule has 0 unspecified atom stereocenters. The Balaban J connectivity index is 2.08. The van der Waals surface area contributed by atoms with E-state index in [9.17, 15) is 10.5 Å². The van der Waals surface area contributed by atoms with Gasteiger partial charge in [-0.05, 0) is 24.8 Å². The molecule has 3 aromatic rings. The number of piperidine rings is 1. The molecule has 0 spiro atoms. The number of aromatic nitrogens is 1. The van der Waals surface area contributed by atoms with Crippen LogP contribution in [0.25, 0.3) is 21.3 Å². The molecule has 5 nitrogen and oxygen atoms in total. The molecule has 2 N–H and O–H groups in total. The second-order valence-corrected chi connectivity index (χ2v) is 7.35. The van der Waals surface area contributed by atoms with Crippen molar-refractivity contribution >= 4 is 33.1 Å². The highest BCUT2D eigenvalue weighted by atomic mass is 32.1. The summed E-state index contributed by atoms with van der Waals surface area (Å²) in [7, 11) is 0. The van der Waals surface area contributed by atoms with Crippen molar-refractivity contribution in [2.45, 2.75) is 19.3 Å². The average molecular weight is 359 g/mol. The Morgan fingerprint density at radius 1 is 1.04 bits per heavy atom. The monoisotopic (exact) mass is 359 g/mol. The first-order valence-electron chi connectivity index (χ1n) is 8.61. The Bertz CT molecular complexity index is 1050. The lowest BCUT2D eigenvalue weighted by Gasteiger charge is -2.29. The number of hydrogen-bond acceptors (Lipinski definition) is 6. The van der Waals surface area contributed by atoms with E-state index in [4.69, 9.17) is 10.7 Å². The number of nitrogens with zero attached hydrogens (tertiary/aromatic N) is 4. The molecule has 4 rings (SSSR count). The number of rotatable bonds is 2. The number of anilines is 2. The summed E-state index contributed by atoms with van der Waals surface area (Å²) in [5.74, 6) is 0.712. The smallest absolute Gasteiger partial charge is 0.148 e. The van der Waals surface area contributed by atoms with Crippen LogP contribution in [-0.2, 0) is 0 Å². The second-order valence-electron chi connectivity index (χ2n) is 6.35. The number of benzene rings is 1. The van der Waals surface area contributed by atoms with Gasteiger partial charge < -0.3 is 10.6 Å². The van der Waals surface area contributed by atoms with E-state index < -0.39 is 0 Å². The third-order valence-electron chi connectivity index (χ3n) is 4.79. The van der Waals surface area contributed by atoms with Crippen LogP contribution < -0.4 is 10.6 Å². The maximum Gasteiger partial charge on any atom is 0.148 e. The third-order valence-corrected chi connectivity index (χ3v) is 5.79. The van der Waals surface area contributed by atoms with E-state index in [0.717, 1.165) is 47.3 Å². The molecule has 1 fully saturated rings. The SMILES string of the molecule is N#Cc1sc2nc(N3CCCCC3)c(C#N)c(-c3ccccc3)c2c1N. The average Bonchev–Trinajstić information content (AvgIpc) is 3.03. The maximum atomic E-state index is 9.99. The Morgan fingerprint density at radius 3 is 2.42 bits per heavy atom. The van der Waals surface area contributed by atoms with Crippen molar-refractivity contribution in [2.75, 3.05) is 23.7 Å². The molecule has 0 bridgehead atoms. The van der Waals surface area contributed by atoms with Crippen LogP contribution in [0, 0.1) is 22.7 Å². The van der Waals surface area contributed by atoms with Gasteiger partial charge in [0, 0.05) is 24.0 Å². The third kappa shape index (κ3) is 2.56. The first-order chi connectivity index (χ1) is 12.7. The number of nitrogen functional groups attached to an aromatic ring is 1. The molecule has 2 aromatic heterocycles. The normalized spacial score (nSPS) is 14.2. The number of pyridine rings is 1. The summed E-state index contributed by atoms with van der Waals surface area (Å²) < 4.78 is 0. The van der Waals surface area contributed by atoms with Crippen LogP contribution in [0.5, 0.6) is 0 Å². The zero-order valence-corrected chi connectivity index (χ0v) is 15.0. The van der Waals surface area contributed by atoms with E-state index in [0.29, 0.717) is 21.9 Å². The van der Waals surface area contributed by atoms with Crippen LogP contribution in [0.15, 0.2) is 30.3 Å². The lowest BCUT2D eigenvalue weighted by molar-refractivity contribution is 0.574. The molecule has 1 aliphatic rings. The second kappa shape index (κ2) is 6.67. The fourth-order valence-corrected chi connectivity index (χ4v) is 4.45. The summed E-state index contributed by atoms with van der Waals surface area (Å²) in [6.07, 6.45) is 3.40. The molecule has 0 radical (unpaired) electrons. The minimum Gasteiger partial charge on any atom is -0.396 e. The Morgan fingerprint density at radius 2 is 1.77 bits per heavy atom. The van der Waals surface area contributed by atoms with E-state index in [1.54, 1.807) is 0 Å². The zero-order chi connectivity index (χ0) is 18.1. The minimum atomic E-state index is 0.417. The number of hydrogen-bond donors (Lipinski definition) is 1. The van der Waals surface area contributed by atoms with Crippen molar-refractivity contribution in [3.63, 3.8) is 0 Å². The highest BCUT2D eigenvalue weighted by Crippen LogP contribution is 2.43. The molecular weight excluding hydrogens is 342 g/mol. The van der Waals surface area contributed by atoms with E-state index in [2.05, 4.69) is 17.0 Å². The molecule has 1 aromatic carbocycles. The molecule has 1 saturated heterocycles. The van der Waals surface area contributed by atoms with E-state index >= 15 is 0 Å². The summed E-state index contributed by atoms with van der Waals surface area (Å²) in [6.45, 7) is 1.79. The molecule has 1 aliphatic heterocycles. The first kappa shape index (κ1) is 16.4. The van der Waals surface area contributed by atoms with Gasteiger partial charge in [0.2, 0.25) is 0 Å². The molecule has 26 heavy (non-hydrogen) atoms. The summed E-state index contributed by atoms with van der Waals surface area (Å²) in [5, 5.41) is 20.1. The van der Waals surface area contributed by atoms with E-state index in [1.807, 2.05) is 30.3 Å². The van der Waals surface area contributed by atoms with Crippen LogP contribution in [-0.4, -0.2) is 18.1 Å². The Kier molecular flexibility index (Phi) is 4.20. The van der Waals surface area contributed by atoms with Crippen molar-refractivity contribution in [1.29, 1.82) is 10.5 Å². The van der Waals surface area contributed by atoms with Gasteiger partial charge in [-0.2, -0.15) is 10.5 Å². The standard InChI is InChI=1S/C20H17N5S/c21-11-14-16(13-7-3-1-4-8-13)17-18(23)15(12-22)26-20(17)24-19(14)25-9-5-2-6-10-25/h1,3-4,7-8H,2,5-6,9-10,23H2. The van der Waals surface area contributed by atoms with Gasteiger partial charge in [0.15, 0.2) is 0 Å². The fraction of sp³-hybridized carbons (Fsp3) is 0.250. The largest absolute Gasteiger partial charge is 0.396 e. The highest BCUT2D eigenvalue weighted by molar-refractivity contribution is 7.20. The molecule has 0 amide bonds. The van der Waals surface area contributed by atoms with Gasteiger partial charge in [0.05, 0.1) is 5.69 Å². The Labute approximate surface area is 155 Å². The predicted octanol–water partition coefficient (Wildman–Crippen LogP) is 4.28. The van der Waals surface area contributed by atoms with Gasteiger partial charge in [-0.15, -0.1) is 11.3 Å². The van der Waals surface area contributed by atoms with Crippen LogP contribution in [0.2, 0.25) is 0 Å². The van der Waals surface area contributed by atoms with Gasteiger partial charge >= 0.3 is 0 Å². The fourth-order valence-electron chi connectivity index (χ4n) is 3.56. The van der Waals surface area contributed by atoms with Crippen molar-refractivity contribution in [3.8, 4) is 23.3 Å². The van der Waals surface area contributed by atoms with Crippen molar-refractivity contribution in [2.24, 2.45) is 0 Å². The van der Waals surface area contributed by atoms with Gasteiger partial charge in [-0.1, -0.05) is 30.3 Å². The molecule has 128 valence electrons. The van der Waals surface area contributed by atoms with Crippen molar-refractivity contribution in [3.05, 3.63) is 40.8 Å². The number of thiophene rings is 1. The van der Waals surface area contributed by atoms with E-state index in [-0.39, 0.29) is 0 Å². The number of fused-ring (bicyclic) bond motifs is 1. The van der Waals surface area contributed by atoms with Gasteiger partial charge in [-0.3, -0.25) is 0 Å². The summed E-state index contributed by atoms with van der Waals surface area (Å²) in [5.41, 5.74) is 8.93. The molecule has 0 saturated carbocycles. The molecule has 0 aliphatic carbocycles. The van der Waals surface area contributed by atoms with Crippen molar-refractivity contribution in [1.82, 2.24) is 4.98 Å². The molecule has 6 heteroatoms. The van der Waals surface area contributed by atoms with Gasteiger partial charge in [0.25, 0.3) is 0 Å². The van der Waals surface area contributed by atoms with Crippen LogP contribution in [0.3, 0.4) is 0 Å². The minimum absolute atomic E-state index is 0.417. The predicted molar refractivity (Wildman–Crippen MR) is 105 cm³/mol. The first-order valence-corrected chi connectivity index (χ1v) is 9.42. The zero-order valence-electron chi connectivity index (χ0n) is 14.2. The quantitative estimate of drug-likeness (QED) is 0.737. The molecular formula is C20H17N5S. The van der Waals surface area contributed by atoms with Crippen LogP contribution >= 0.6 is 11.3 Å². The van der Waals surface area contributed by atoms with Crippen LogP contribution in [0.1, 0.15) is 29.7 Å². The van der Waals surface area contributed by atoms with Gasteiger partial charge in [0.1, 0.15) is 33.2 Å². The summed E-state index contributed by atoms with van der Waals surface area (Å²) in [6, 6.07) is 14.3. The van der Waals surface area contributed by atoms with Crippen molar-refractivity contribution < 1.29 is 0 Å². The summed E-state index contributed by atoms with van der Waals surface area (Å²) >= 11 is 1.30. The molecule has 0 atom stereocenters. The maximum absolute atomic E-state index is 9.99.